The quantitative estimate of drug-likeness (QED) is 0.759. The van der Waals surface area contributed by atoms with Gasteiger partial charge in [-0.1, -0.05) is 0 Å². The molecule has 0 aliphatic carbocycles. The van der Waals surface area contributed by atoms with Gasteiger partial charge >= 0.3 is 5.97 Å². The fourth-order valence-corrected chi connectivity index (χ4v) is 2.01. The Morgan fingerprint density at radius 3 is 2.71 bits per heavy atom. The maximum absolute atomic E-state index is 11.7. The molecule has 0 aromatic rings. The molecule has 1 aliphatic rings. The van der Waals surface area contributed by atoms with Crippen LogP contribution in [0.4, 0.5) is 0 Å². The van der Waals surface area contributed by atoms with Crippen molar-refractivity contribution in [2.75, 3.05) is 13.2 Å². The highest BCUT2D eigenvalue weighted by Crippen LogP contribution is 2.21. The number of carbonyl (C=O) groups excluding carboxylic acids is 2. The molecule has 17 heavy (non-hydrogen) atoms. The minimum absolute atomic E-state index is 0. The van der Waals surface area contributed by atoms with Gasteiger partial charge in [0.15, 0.2) is 0 Å². The third kappa shape index (κ3) is 4.52. The van der Waals surface area contributed by atoms with Gasteiger partial charge in [-0.05, 0) is 26.7 Å². The molecule has 1 unspecified atom stereocenters. The lowest BCUT2D eigenvalue weighted by atomic mass is 10.1. The van der Waals surface area contributed by atoms with E-state index in [1.807, 2.05) is 0 Å². The highest BCUT2D eigenvalue weighted by atomic mass is 35.5. The Bertz CT molecular complexity index is 271. The van der Waals surface area contributed by atoms with E-state index in [1.165, 1.54) is 0 Å². The number of ether oxygens (including phenoxy) is 1. The van der Waals surface area contributed by atoms with Crippen LogP contribution in [0.25, 0.3) is 0 Å². The third-order valence-corrected chi connectivity index (χ3v) is 2.76. The summed E-state index contributed by atoms with van der Waals surface area (Å²) in [6.45, 7) is 4.52. The van der Waals surface area contributed by atoms with E-state index in [0.29, 0.717) is 13.2 Å². The highest BCUT2D eigenvalue weighted by Gasteiger charge is 2.31. The summed E-state index contributed by atoms with van der Waals surface area (Å²) < 4.78 is 4.88. The number of amides is 1. The molecule has 1 saturated heterocycles. The second-order valence-corrected chi connectivity index (χ2v) is 4.13. The molecular weight excluding hydrogens is 244 g/mol. The smallest absolute Gasteiger partial charge is 0.307 e. The molecular formula is C11H21ClN2O3. The van der Waals surface area contributed by atoms with Gasteiger partial charge in [-0.3, -0.25) is 9.59 Å². The third-order valence-electron chi connectivity index (χ3n) is 2.76. The molecule has 1 amide bonds. The molecule has 2 atom stereocenters. The highest BCUT2D eigenvalue weighted by molar-refractivity contribution is 5.85. The summed E-state index contributed by atoms with van der Waals surface area (Å²) in [5.74, 6) is -0.316. The summed E-state index contributed by atoms with van der Waals surface area (Å²) in [7, 11) is 0. The second-order valence-electron chi connectivity index (χ2n) is 4.13. The number of likely N-dealkylation sites (tertiary alicyclic amines) is 1. The topological polar surface area (TPSA) is 72.6 Å². The van der Waals surface area contributed by atoms with Crippen LogP contribution >= 0.6 is 12.4 Å². The van der Waals surface area contributed by atoms with E-state index in [-0.39, 0.29) is 36.7 Å². The van der Waals surface area contributed by atoms with Gasteiger partial charge in [0, 0.05) is 12.6 Å². The minimum Gasteiger partial charge on any atom is -0.466 e. The Morgan fingerprint density at radius 1 is 1.53 bits per heavy atom. The zero-order chi connectivity index (χ0) is 12.1. The standard InChI is InChI=1S/C11H20N2O3.ClH/c1-3-16-10(14)7-9-5-4-6-13(9)11(15)8(2)12;/h8-9H,3-7,12H2,1-2H3;1H/t8-,9?;/m0./s1. The number of rotatable bonds is 4. The molecule has 1 fully saturated rings. The van der Waals surface area contributed by atoms with Crippen molar-refractivity contribution in [3.05, 3.63) is 0 Å². The van der Waals surface area contributed by atoms with Crippen molar-refractivity contribution in [3.63, 3.8) is 0 Å². The molecule has 0 bridgehead atoms. The van der Waals surface area contributed by atoms with Gasteiger partial charge in [0.1, 0.15) is 0 Å². The molecule has 0 aromatic carbocycles. The normalized spacial score (nSPS) is 20.6. The molecule has 100 valence electrons. The summed E-state index contributed by atoms with van der Waals surface area (Å²) >= 11 is 0. The van der Waals surface area contributed by atoms with Crippen molar-refractivity contribution >= 4 is 24.3 Å². The van der Waals surface area contributed by atoms with E-state index in [4.69, 9.17) is 10.5 Å². The Hall–Kier alpha value is -0.810. The fourth-order valence-electron chi connectivity index (χ4n) is 2.01. The molecule has 6 heteroatoms. The van der Waals surface area contributed by atoms with Crippen molar-refractivity contribution in [2.24, 2.45) is 5.73 Å². The zero-order valence-corrected chi connectivity index (χ0v) is 11.2. The molecule has 5 nitrogen and oxygen atoms in total. The van der Waals surface area contributed by atoms with Crippen LogP contribution in [0.1, 0.15) is 33.1 Å². The van der Waals surface area contributed by atoms with Gasteiger partial charge in [0.2, 0.25) is 5.91 Å². The van der Waals surface area contributed by atoms with Gasteiger partial charge in [-0.2, -0.15) is 0 Å². The van der Waals surface area contributed by atoms with Crippen LogP contribution < -0.4 is 5.73 Å². The largest absolute Gasteiger partial charge is 0.466 e. The first-order chi connectivity index (χ1) is 7.56. The summed E-state index contributed by atoms with van der Waals surface area (Å²) in [4.78, 5) is 24.8. The summed E-state index contributed by atoms with van der Waals surface area (Å²) in [5, 5.41) is 0. The van der Waals surface area contributed by atoms with Crippen molar-refractivity contribution in [3.8, 4) is 0 Å². The van der Waals surface area contributed by atoms with Crippen LogP contribution in [0.15, 0.2) is 0 Å². The lowest BCUT2D eigenvalue weighted by Crippen LogP contribution is -2.45. The average Bonchev–Trinajstić information content (AvgIpc) is 2.64. The monoisotopic (exact) mass is 264 g/mol. The molecule has 1 aliphatic heterocycles. The number of hydrogen-bond donors (Lipinski definition) is 1. The van der Waals surface area contributed by atoms with Crippen LogP contribution in [0, 0.1) is 0 Å². The molecule has 1 heterocycles. The summed E-state index contributed by atoms with van der Waals surface area (Å²) in [6.07, 6.45) is 2.08. The van der Waals surface area contributed by atoms with Crippen LogP contribution in [-0.2, 0) is 14.3 Å². The Kier molecular flexibility index (Phi) is 7.15. The summed E-state index contributed by atoms with van der Waals surface area (Å²) in [6, 6.07) is -0.527. The van der Waals surface area contributed by atoms with Crippen LogP contribution in [-0.4, -0.2) is 42.0 Å². The molecule has 2 N–H and O–H groups in total. The number of hydrogen-bond acceptors (Lipinski definition) is 4. The zero-order valence-electron chi connectivity index (χ0n) is 10.3. The minimum atomic E-state index is -0.497. The van der Waals surface area contributed by atoms with E-state index in [0.717, 1.165) is 12.8 Å². The number of halogens is 1. The maximum Gasteiger partial charge on any atom is 0.307 e. The first-order valence-corrected chi connectivity index (χ1v) is 5.78. The number of nitrogens with two attached hydrogens (primary N) is 1. The van der Waals surface area contributed by atoms with Gasteiger partial charge in [-0.25, -0.2) is 0 Å². The predicted molar refractivity (Wildman–Crippen MR) is 66.9 cm³/mol. The molecule has 1 rings (SSSR count). The van der Waals surface area contributed by atoms with Crippen molar-refractivity contribution < 1.29 is 14.3 Å². The fraction of sp³-hybridized carbons (Fsp3) is 0.818. The first-order valence-electron chi connectivity index (χ1n) is 5.78. The first kappa shape index (κ1) is 16.2. The lowest BCUT2D eigenvalue weighted by Gasteiger charge is -2.25. The molecule has 0 spiro atoms. The van der Waals surface area contributed by atoms with Crippen LogP contribution in [0.2, 0.25) is 0 Å². The SMILES string of the molecule is CCOC(=O)CC1CCCN1C(=O)[C@H](C)N.Cl. The van der Waals surface area contributed by atoms with E-state index in [9.17, 15) is 9.59 Å². The van der Waals surface area contributed by atoms with Gasteiger partial charge in [0.05, 0.1) is 19.1 Å². The maximum atomic E-state index is 11.7. The van der Waals surface area contributed by atoms with Crippen molar-refractivity contribution in [2.45, 2.75) is 45.2 Å². The van der Waals surface area contributed by atoms with Crippen LogP contribution in [0.3, 0.4) is 0 Å². The molecule has 0 radical (unpaired) electrons. The second kappa shape index (κ2) is 7.50. The lowest BCUT2D eigenvalue weighted by molar-refractivity contribution is -0.145. The van der Waals surface area contributed by atoms with Crippen molar-refractivity contribution in [1.29, 1.82) is 0 Å². The Labute approximate surface area is 108 Å². The summed E-state index contributed by atoms with van der Waals surface area (Å²) in [5.41, 5.74) is 5.56. The van der Waals surface area contributed by atoms with Gasteiger partial charge in [-0.15, -0.1) is 12.4 Å². The van der Waals surface area contributed by atoms with E-state index < -0.39 is 6.04 Å². The van der Waals surface area contributed by atoms with E-state index >= 15 is 0 Å². The average molecular weight is 265 g/mol. The van der Waals surface area contributed by atoms with Gasteiger partial charge in [0.25, 0.3) is 0 Å². The molecule has 0 aromatic heterocycles. The van der Waals surface area contributed by atoms with Crippen molar-refractivity contribution in [1.82, 2.24) is 4.90 Å². The van der Waals surface area contributed by atoms with Crippen LogP contribution in [0.5, 0.6) is 0 Å². The Balaban J connectivity index is 0.00000256. The van der Waals surface area contributed by atoms with Gasteiger partial charge < -0.3 is 15.4 Å². The number of carbonyl (C=O) groups is 2. The Morgan fingerprint density at radius 2 is 2.18 bits per heavy atom. The molecule has 0 saturated carbocycles. The van der Waals surface area contributed by atoms with E-state index in [1.54, 1.807) is 18.7 Å². The van der Waals surface area contributed by atoms with E-state index in [2.05, 4.69) is 0 Å². The predicted octanol–water partition coefficient (Wildman–Crippen LogP) is 0.700. The number of nitrogens with zero attached hydrogens (tertiary/aromatic N) is 1. The number of esters is 1.